The molecular weight excluding hydrogens is 616 g/mol. The van der Waals surface area contributed by atoms with Crippen molar-refractivity contribution in [3.8, 4) is 28.0 Å². The predicted octanol–water partition coefficient (Wildman–Crippen LogP) is 8.78. The fourth-order valence-corrected chi connectivity index (χ4v) is 6.07. The highest BCUT2D eigenvalue weighted by Crippen LogP contribution is 2.40. The molecule has 1 aliphatic carbocycles. The van der Waals surface area contributed by atoms with E-state index in [1.807, 2.05) is 12.1 Å². The van der Waals surface area contributed by atoms with Crippen LogP contribution in [0.5, 0.6) is 5.75 Å². The van der Waals surface area contributed by atoms with Crippen molar-refractivity contribution >= 4 is 11.9 Å². The predicted molar refractivity (Wildman–Crippen MR) is 195 cm³/mol. The van der Waals surface area contributed by atoms with Gasteiger partial charge in [0.15, 0.2) is 0 Å². The number of esters is 2. The molecule has 0 unspecified atom stereocenters. The lowest BCUT2D eigenvalue weighted by molar-refractivity contribution is -0.140. The van der Waals surface area contributed by atoms with Gasteiger partial charge in [0.2, 0.25) is 0 Å². The van der Waals surface area contributed by atoms with Crippen molar-refractivity contribution in [1.29, 1.82) is 0 Å². The highest BCUT2D eigenvalue weighted by molar-refractivity contribution is 5.88. The van der Waals surface area contributed by atoms with Gasteiger partial charge < -0.3 is 24.1 Å². The van der Waals surface area contributed by atoms with E-state index in [2.05, 4.69) is 74.7 Å². The minimum atomic E-state index is -0.562. The van der Waals surface area contributed by atoms with E-state index in [0.717, 1.165) is 74.8 Å². The zero-order valence-electron chi connectivity index (χ0n) is 29.2. The van der Waals surface area contributed by atoms with Crippen LogP contribution in [0.4, 0.5) is 0 Å². The topological polar surface area (TPSA) is 91.3 Å². The quantitative estimate of drug-likeness (QED) is 0.0776. The van der Waals surface area contributed by atoms with Gasteiger partial charge >= 0.3 is 11.9 Å². The fraction of sp³-hybridized carbons (Fsp3) is 0.429. The number of aryl methyl sites for hydroxylation is 1. The summed E-state index contributed by atoms with van der Waals surface area (Å²) >= 11 is 0. The van der Waals surface area contributed by atoms with Crippen LogP contribution in [0.3, 0.4) is 0 Å². The Labute approximate surface area is 291 Å². The third kappa shape index (κ3) is 11.7. The minimum absolute atomic E-state index is 0.0598. The fourth-order valence-electron chi connectivity index (χ4n) is 6.07. The van der Waals surface area contributed by atoms with Gasteiger partial charge in [0.1, 0.15) is 5.75 Å². The molecule has 7 nitrogen and oxygen atoms in total. The van der Waals surface area contributed by atoms with Gasteiger partial charge in [-0.05, 0) is 116 Å². The molecular formula is C42H52O7. The molecule has 7 heteroatoms. The number of carbonyl (C=O) groups is 2. The molecule has 0 saturated heterocycles. The maximum atomic E-state index is 11.8. The summed E-state index contributed by atoms with van der Waals surface area (Å²) in [4.78, 5) is 23.3. The second kappa shape index (κ2) is 19.7. The third-order valence-electron chi connectivity index (χ3n) is 8.88. The van der Waals surface area contributed by atoms with Crippen molar-refractivity contribution in [2.75, 3.05) is 33.0 Å². The lowest BCUT2D eigenvalue weighted by atomic mass is 9.79. The highest BCUT2D eigenvalue weighted by atomic mass is 16.5. The zero-order chi connectivity index (χ0) is 35.0. The Balaban J connectivity index is 1.38. The SMILES string of the molecule is C=C(C)C(=O)OCCCc1ccc(-c2ccc(-c3ccc(OCCCCOC(=O)C(=C)CO)cc3)cc2)c(C2CCC(OCCC)CC2)c1. The lowest BCUT2D eigenvalue weighted by Crippen LogP contribution is -2.21. The Morgan fingerprint density at radius 2 is 1.37 bits per heavy atom. The summed E-state index contributed by atoms with van der Waals surface area (Å²) in [6.07, 6.45) is 8.83. The van der Waals surface area contributed by atoms with Gasteiger partial charge in [-0.15, -0.1) is 0 Å². The highest BCUT2D eigenvalue weighted by Gasteiger charge is 2.25. The van der Waals surface area contributed by atoms with Gasteiger partial charge in [-0.25, -0.2) is 9.59 Å². The third-order valence-corrected chi connectivity index (χ3v) is 8.88. The largest absolute Gasteiger partial charge is 0.494 e. The van der Waals surface area contributed by atoms with Crippen molar-refractivity contribution in [2.24, 2.45) is 0 Å². The molecule has 0 amide bonds. The van der Waals surface area contributed by atoms with E-state index in [1.54, 1.807) is 6.92 Å². The summed E-state index contributed by atoms with van der Waals surface area (Å²) in [5, 5.41) is 8.93. The molecule has 0 radical (unpaired) electrons. The van der Waals surface area contributed by atoms with E-state index in [-0.39, 0.29) is 18.1 Å². The van der Waals surface area contributed by atoms with Crippen LogP contribution in [-0.2, 0) is 30.2 Å². The molecule has 0 aliphatic heterocycles. The molecule has 4 rings (SSSR count). The number of benzene rings is 3. The van der Waals surface area contributed by atoms with Crippen molar-refractivity contribution in [3.05, 3.63) is 102 Å². The summed E-state index contributed by atoms with van der Waals surface area (Å²) in [5.74, 6) is 0.377. The molecule has 3 aromatic carbocycles. The maximum Gasteiger partial charge on any atom is 0.335 e. The van der Waals surface area contributed by atoms with E-state index in [4.69, 9.17) is 24.1 Å². The van der Waals surface area contributed by atoms with Crippen LogP contribution in [0.2, 0.25) is 0 Å². The molecule has 1 fully saturated rings. The van der Waals surface area contributed by atoms with Gasteiger partial charge in [-0.1, -0.05) is 74.7 Å². The molecule has 3 aromatic rings. The van der Waals surface area contributed by atoms with Crippen molar-refractivity contribution in [3.63, 3.8) is 0 Å². The van der Waals surface area contributed by atoms with Gasteiger partial charge in [0.25, 0.3) is 0 Å². The first-order chi connectivity index (χ1) is 23.8. The standard InChI is InChI=1S/C42H52O7/c1-5-24-46-37-21-17-36(18-22-37)40-28-32(9-8-27-48-41(44)30(2)3)10-23-39(40)35-13-11-33(12-14-35)34-15-19-38(20-16-34)47-25-6-7-26-49-42(45)31(4)29-43/h10-16,19-20,23,28,36-37,43H,2,4-9,17-18,21-22,24-27,29H2,1,3H3. The summed E-state index contributed by atoms with van der Waals surface area (Å²) in [6, 6.07) is 23.7. The van der Waals surface area contributed by atoms with E-state index in [1.165, 1.54) is 22.3 Å². The van der Waals surface area contributed by atoms with Gasteiger partial charge in [0, 0.05) is 12.2 Å². The Morgan fingerprint density at radius 3 is 2.02 bits per heavy atom. The molecule has 0 bridgehead atoms. The second-order valence-corrected chi connectivity index (χ2v) is 12.8. The number of aliphatic hydroxyl groups is 1. The Bertz CT molecular complexity index is 1520. The smallest absolute Gasteiger partial charge is 0.335 e. The van der Waals surface area contributed by atoms with E-state index < -0.39 is 12.6 Å². The molecule has 0 heterocycles. The summed E-state index contributed by atoms with van der Waals surface area (Å²) in [7, 11) is 0. The van der Waals surface area contributed by atoms with E-state index in [9.17, 15) is 9.59 Å². The first kappa shape index (κ1) is 37.6. The van der Waals surface area contributed by atoms with Crippen LogP contribution in [0.1, 0.15) is 82.3 Å². The second-order valence-electron chi connectivity index (χ2n) is 12.8. The van der Waals surface area contributed by atoms with Crippen molar-refractivity contribution < 1.29 is 33.6 Å². The Morgan fingerprint density at radius 1 is 0.755 bits per heavy atom. The van der Waals surface area contributed by atoms with Crippen LogP contribution in [0, 0.1) is 0 Å². The number of carbonyl (C=O) groups excluding carboxylic acids is 2. The van der Waals surface area contributed by atoms with Crippen LogP contribution >= 0.6 is 0 Å². The molecule has 1 saturated carbocycles. The monoisotopic (exact) mass is 668 g/mol. The normalized spacial score (nSPS) is 15.7. The number of unbranched alkanes of at least 4 members (excludes halogenated alkanes) is 1. The lowest BCUT2D eigenvalue weighted by Gasteiger charge is -2.30. The number of rotatable bonds is 19. The van der Waals surface area contributed by atoms with Crippen molar-refractivity contribution in [1.82, 2.24) is 0 Å². The molecule has 0 aromatic heterocycles. The zero-order valence-corrected chi connectivity index (χ0v) is 29.2. The molecule has 0 spiro atoms. The Hall–Kier alpha value is -4.20. The molecule has 1 aliphatic rings. The molecule has 0 atom stereocenters. The van der Waals surface area contributed by atoms with E-state index in [0.29, 0.717) is 37.2 Å². The first-order valence-corrected chi connectivity index (χ1v) is 17.7. The summed E-state index contributed by atoms with van der Waals surface area (Å²) in [5.41, 5.74) is 7.88. The van der Waals surface area contributed by atoms with Crippen LogP contribution in [-0.4, -0.2) is 56.2 Å². The molecule has 1 N–H and O–H groups in total. The number of hydrogen-bond acceptors (Lipinski definition) is 7. The maximum absolute atomic E-state index is 11.8. The van der Waals surface area contributed by atoms with Gasteiger partial charge in [-0.3, -0.25) is 0 Å². The average molecular weight is 669 g/mol. The van der Waals surface area contributed by atoms with Gasteiger partial charge in [-0.2, -0.15) is 0 Å². The number of aliphatic hydroxyl groups excluding tert-OH is 1. The summed E-state index contributed by atoms with van der Waals surface area (Å²) < 4.78 is 22.4. The van der Waals surface area contributed by atoms with Crippen LogP contribution in [0.25, 0.3) is 22.3 Å². The first-order valence-electron chi connectivity index (χ1n) is 17.7. The number of ether oxygens (including phenoxy) is 4. The average Bonchev–Trinajstić information content (AvgIpc) is 3.13. The van der Waals surface area contributed by atoms with Gasteiger partial charge in [0.05, 0.1) is 38.1 Å². The number of hydrogen-bond donors (Lipinski definition) is 1. The molecule has 49 heavy (non-hydrogen) atoms. The Kier molecular flexibility index (Phi) is 15.1. The minimum Gasteiger partial charge on any atom is -0.494 e. The van der Waals surface area contributed by atoms with Crippen molar-refractivity contribution in [2.45, 2.75) is 83.7 Å². The van der Waals surface area contributed by atoms with Crippen LogP contribution < -0.4 is 4.74 Å². The van der Waals surface area contributed by atoms with Crippen LogP contribution in [0.15, 0.2) is 91.0 Å². The molecule has 262 valence electrons. The summed E-state index contributed by atoms with van der Waals surface area (Å²) in [6.45, 7) is 12.6. The van der Waals surface area contributed by atoms with E-state index >= 15 is 0 Å².